The lowest BCUT2D eigenvalue weighted by Gasteiger charge is -2.23. The van der Waals surface area contributed by atoms with Gasteiger partial charge in [0.05, 0.1) is 30.1 Å². The third-order valence-electron chi connectivity index (χ3n) is 6.92. The van der Waals surface area contributed by atoms with Gasteiger partial charge in [-0.05, 0) is 45.7 Å². The smallest absolute Gasteiger partial charge is 0.194 e. The van der Waals surface area contributed by atoms with Gasteiger partial charge < -0.3 is 15.0 Å². The number of nitrogens with one attached hydrogen (secondary N) is 1. The SMILES string of the molecule is CCNC(=NCc1c(C)nn(-c2ccccc2)c1C)N1CC2C3CCC(O3)C2C1.I. The van der Waals surface area contributed by atoms with E-state index in [4.69, 9.17) is 14.8 Å². The fourth-order valence-corrected chi connectivity index (χ4v) is 5.44. The molecule has 4 unspecified atom stereocenters. The molecule has 0 aliphatic carbocycles. The summed E-state index contributed by atoms with van der Waals surface area (Å²) in [5.74, 6) is 2.40. The Morgan fingerprint density at radius 2 is 1.80 bits per heavy atom. The van der Waals surface area contributed by atoms with Crippen molar-refractivity contribution in [3.8, 4) is 5.69 Å². The number of likely N-dealkylation sites (tertiary alicyclic amines) is 1. The Balaban J connectivity index is 0.00000218. The van der Waals surface area contributed by atoms with Gasteiger partial charge in [-0.25, -0.2) is 9.67 Å². The largest absolute Gasteiger partial charge is 0.374 e. The van der Waals surface area contributed by atoms with E-state index < -0.39 is 0 Å². The molecule has 0 amide bonds. The van der Waals surface area contributed by atoms with E-state index in [1.165, 1.54) is 18.4 Å². The second-order valence-electron chi connectivity index (χ2n) is 8.59. The van der Waals surface area contributed by atoms with Crippen molar-refractivity contribution >= 4 is 29.9 Å². The number of hydrogen-bond acceptors (Lipinski definition) is 3. The van der Waals surface area contributed by atoms with Crippen LogP contribution in [-0.4, -0.2) is 52.5 Å². The van der Waals surface area contributed by atoms with Gasteiger partial charge in [-0.1, -0.05) is 18.2 Å². The Morgan fingerprint density at radius 1 is 1.13 bits per heavy atom. The van der Waals surface area contributed by atoms with Crippen LogP contribution >= 0.6 is 24.0 Å². The quantitative estimate of drug-likeness (QED) is 0.379. The summed E-state index contributed by atoms with van der Waals surface area (Å²) >= 11 is 0. The van der Waals surface area contributed by atoms with Crippen molar-refractivity contribution in [1.29, 1.82) is 0 Å². The van der Waals surface area contributed by atoms with Crippen molar-refractivity contribution in [1.82, 2.24) is 20.0 Å². The lowest BCUT2D eigenvalue weighted by molar-refractivity contribution is 0.0767. The average Bonchev–Trinajstić information content (AvgIpc) is 3.49. The molecule has 3 fully saturated rings. The highest BCUT2D eigenvalue weighted by molar-refractivity contribution is 14.0. The van der Waals surface area contributed by atoms with Crippen molar-refractivity contribution in [2.75, 3.05) is 19.6 Å². The standard InChI is InChI=1S/C23H31N5O.HI/c1-4-24-23(27-13-19-20(14-27)22-11-10-21(19)29-22)25-12-18-15(2)26-28(16(18)3)17-8-6-5-7-9-17;/h5-9,19-22H,4,10-14H2,1-3H3,(H,24,25);1H. The number of guanidine groups is 1. The number of aliphatic imine (C=N–C) groups is 1. The van der Waals surface area contributed by atoms with Gasteiger partial charge >= 0.3 is 0 Å². The first-order chi connectivity index (χ1) is 14.2. The van der Waals surface area contributed by atoms with Crippen molar-refractivity contribution in [2.45, 2.75) is 52.4 Å². The van der Waals surface area contributed by atoms with Crippen LogP contribution in [0.25, 0.3) is 5.69 Å². The maximum atomic E-state index is 6.13. The van der Waals surface area contributed by atoms with Gasteiger partial charge in [0.2, 0.25) is 0 Å². The van der Waals surface area contributed by atoms with Gasteiger partial charge in [-0.3, -0.25) is 0 Å². The number of ether oxygens (including phenoxy) is 1. The monoisotopic (exact) mass is 521 g/mol. The van der Waals surface area contributed by atoms with E-state index in [1.807, 2.05) is 22.9 Å². The van der Waals surface area contributed by atoms with Gasteiger partial charge in [0.25, 0.3) is 0 Å². The zero-order valence-electron chi connectivity index (χ0n) is 18.0. The van der Waals surface area contributed by atoms with E-state index in [0.717, 1.165) is 42.7 Å². The summed E-state index contributed by atoms with van der Waals surface area (Å²) in [5.41, 5.74) is 4.53. The fraction of sp³-hybridized carbons (Fsp3) is 0.565. The Hall–Kier alpha value is -1.61. The number of fused-ring (bicyclic) bond motifs is 5. The molecule has 1 N–H and O–H groups in total. The van der Waals surface area contributed by atoms with Crippen LogP contribution < -0.4 is 5.32 Å². The highest BCUT2D eigenvalue weighted by Gasteiger charge is 2.53. The summed E-state index contributed by atoms with van der Waals surface area (Å²) < 4.78 is 8.17. The molecule has 1 aromatic heterocycles. The number of benzene rings is 1. The van der Waals surface area contributed by atoms with E-state index in [1.54, 1.807) is 0 Å². The maximum Gasteiger partial charge on any atom is 0.194 e. The molecule has 2 bridgehead atoms. The summed E-state index contributed by atoms with van der Waals surface area (Å²) in [6.07, 6.45) is 3.44. The van der Waals surface area contributed by atoms with Gasteiger partial charge in [-0.2, -0.15) is 5.10 Å². The Bertz CT molecular complexity index is 894. The second kappa shape index (κ2) is 8.86. The third kappa shape index (κ3) is 3.75. The summed E-state index contributed by atoms with van der Waals surface area (Å²) in [4.78, 5) is 7.49. The molecule has 7 heteroatoms. The number of para-hydroxylation sites is 1. The molecule has 30 heavy (non-hydrogen) atoms. The molecular formula is C23H32IN5O. The van der Waals surface area contributed by atoms with E-state index in [9.17, 15) is 0 Å². The minimum Gasteiger partial charge on any atom is -0.374 e. The highest BCUT2D eigenvalue weighted by atomic mass is 127. The second-order valence-corrected chi connectivity index (χ2v) is 8.59. The highest BCUT2D eigenvalue weighted by Crippen LogP contribution is 2.47. The number of nitrogens with zero attached hydrogens (tertiary/aromatic N) is 4. The normalized spacial score (nSPS) is 27.3. The molecule has 0 spiro atoms. The lowest BCUT2D eigenvalue weighted by atomic mass is 9.82. The summed E-state index contributed by atoms with van der Waals surface area (Å²) in [6.45, 7) is 10.0. The van der Waals surface area contributed by atoms with Crippen LogP contribution in [0.2, 0.25) is 0 Å². The van der Waals surface area contributed by atoms with E-state index in [2.05, 4.69) is 43.1 Å². The molecule has 6 nitrogen and oxygen atoms in total. The minimum atomic E-state index is 0. The Labute approximate surface area is 196 Å². The molecule has 162 valence electrons. The van der Waals surface area contributed by atoms with Crippen molar-refractivity contribution < 1.29 is 4.74 Å². The summed E-state index contributed by atoms with van der Waals surface area (Å²) in [6, 6.07) is 10.3. The fourth-order valence-electron chi connectivity index (χ4n) is 5.44. The number of aryl methyl sites for hydroxylation is 1. The first-order valence-corrected chi connectivity index (χ1v) is 10.9. The number of halogens is 1. The molecule has 0 radical (unpaired) electrons. The summed E-state index contributed by atoms with van der Waals surface area (Å²) in [5, 5.41) is 8.29. The minimum absolute atomic E-state index is 0. The predicted molar refractivity (Wildman–Crippen MR) is 130 cm³/mol. The Kier molecular flexibility index (Phi) is 6.39. The van der Waals surface area contributed by atoms with E-state index in [-0.39, 0.29) is 24.0 Å². The van der Waals surface area contributed by atoms with Gasteiger partial charge in [0.15, 0.2) is 5.96 Å². The van der Waals surface area contributed by atoms with Crippen LogP contribution in [0.5, 0.6) is 0 Å². The summed E-state index contributed by atoms with van der Waals surface area (Å²) in [7, 11) is 0. The van der Waals surface area contributed by atoms with Crippen LogP contribution in [0, 0.1) is 25.7 Å². The zero-order chi connectivity index (χ0) is 20.0. The van der Waals surface area contributed by atoms with Crippen LogP contribution in [-0.2, 0) is 11.3 Å². The van der Waals surface area contributed by atoms with Crippen LogP contribution in [0.1, 0.15) is 36.7 Å². The first-order valence-electron chi connectivity index (χ1n) is 10.9. The number of aromatic nitrogens is 2. The molecule has 3 saturated heterocycles. The molecule has 5 rings (SSSR count). The Morgan fingerprint density at radius 3 is 2.43 bits per heavy atom. The first kappa shape index (κ1) is 21.6. The van der Waals surface area contributed by atoms with Crippen LogP contribution in [0.3, 0.4) is 0 Å². The van der Waals surface area contributed by atoms with Crippen molar-refractivity contribution in [3.05, 3.63) is 47.3 Å². The topological polar surface area (TPSA) is 54.7 Å². The number of rotatable bonds is 4. The van der Waals surface area contributed by atoms with E-state index in [0.29, 0.717) is 30.6 Å². The molecule has 2 aromatic rings. The van der Waals surface area contributed by atoms with Crippen molar-refractivity contribution in [2.24, 2.45) is 16.8 Å². The molecule has 4 atom stereocenters. The molecular weight excluding hydrogens is 489 g/mol. The van der Waals surface area contributed by atoms with Crippen LogP contribution in [0.4, 0.5) is 0 Å². The number of hydrogen-bond donors (Lipinski definition) is 1. The van der Waals surface area contributed by atoms with E-state index >= 15 is 0 Å². The average molecular weight is 521 g/mol. The predicted octanol–water partition coefficient (Wildman–Crippen LogP) is 3.68. The molecule has 0 saturated carbocycles. The van der Waals surface area contributed by atoms with Gasteiger partial charge in [-0.15, -0.1) is 24.0 Å². The van der Waals surface area contributed by atoms with Crippen molar-refractivity contribution in [3.63, 3.8) is 0 Å². The zero-order valence-corrected chi connectivity index (χ0v) is 20.4. The van der Waals surface area contributed by atoms with Gasteiger partial charge in [0, 0.05) is 42.7 Å². The molecule has 1 aromatic carbocycles. The molecule has 3 aliphatic rings. The molecule has 4 heterocycles. The lowest BCUT2D eigenvalue weighted by Crippen LogP contribution is -2.41. The third-order valence-corrected chi connectivity index (χ3v) is 6.92. The van der Waals surface area contributed by atoms with Crippen LogP contribution in [0.15, 0.2) is 35.3 Å². The molecule has 3 aliphatic heterocycles. The maximum absolute atomic E-state index is 6.13. The van der Waals surface area contributed by atoms with Gasteiger partial charge in [0.1, 0.15) is 0 Å².